The predicted molar refractivity (Wildman–Crippen MR) is 120 cm³/mol. The van der Waals surface area contributed by atoms with Crippen molar-refractivity contribution in [2.75, 3.05) is 4.90 Å². The fraction of sp³-hybridized carbons (Fsp3) is 0.167. The van der Waals surface area contributed by atoms with Gasteiger partial charge in [0, 0.05) is 22.9 Å². The number of hydrogen-bond donors (Lipinski definition) is 0. The predicted octanol–water partition coefficient (Wildman–Crippen LogP) is 4.82. The van der Waals surface area contributed by atoms with Crippen molar-refractivity contribution < 1.29 is 9.59 Å². The molecule has 0 bridgehead atoms. The molecular weight excluding hydrogens is 394 g/mol. The minimum atomic E-state index is -0.530. The lowest BCUT2D eigenvalue weighted by molar-refractivity contribution is -0.121. The van der Waals surface area contributed by atoms with Gasteiger partial charge in [-0.25, -0.2) is 14.9 Å². The van der Waals surface area contributed by atoms with Crippen LogP contribution in [0.3, 0.4) is 0 Å². The first-order valence-corrected chi connectivity index (χ1v) is 10.7. The largest absolute Gasteiger partial charge is 0.274 e. The Morgan fingerprint density at radius 2 is 1.73 bits per heavy atom. The Bertz CT molecular complexity index is 1330. The van der Waals surface area contributed by atoms with Gasteiger partial charge in [-0.15, -0.1) is 0 Å². The zero-order valence-corrected chi connectivity index (χ0v) is 17.4. The van der Waals surface area contributed by atoms with E-state index >= 15 is 0 Å². The van der Waals surface area contributed by atoms with Crippen LogP contribution in [0.5, 0.6) is 0 Å². The molecule has 1 atom stereocenters. The van der Waals surface area contributed by atoms with Crippen LogP contribution in [-0.2, 0) is 9.59 Å². The van der Waals surface area contributed by atoms with Gasteiger partial charge in [-0.3, -0.25) is 9.59 Å². The molecule has 1 unspecified atom stereocenters. The lowest BCUT2D eigenvalue weighted by atomic mass is 10.1. The van der Waals surface area contributed by atoms with Gasteiger partial charge in [0.05, 0.1) is 11.2 Å². The van der Waals surface area contributed by atoms with Crippen molar-refractivity contribution in [2.45, 2.75) is 30.7 Å². The molecule has 1 aliphatic heterocycles. The molecule has 5 nitrogen and oxygen atoms in total. The van der Waals surface area contributed by atoms with Crippen LogP contribution in [0.2, 0.25) is 0 Å². The summed E-state index contributed by atoms with van der Waals surface area (Å²) < 4.78 is 0. The number of carbonyl (C=O) groups excluding carboxylic acids is 2. The number of aryl methyl sites for hydroxylation is 2. The van der Waals surface area contributed by atoms with Crippen LogP contribution in [0.25, 0.3) is 21.7 Å². The Balaban J connectivity index is 1.48. The topological polar surface area (TPSA) is 63.2 Å². The van der Waals surface area contributed by atoms with Gasteiger partial charge in [0.2, 0.25) is 11.8 Å². The first kappa shape index (κ1) is 18.8. The maximum absolute atomic E-state index is 13.2. The van der Waals surface area contributed by atoms with E-state index < -0.39 is 5.25 Å². The van der Waals surface area contributed by atoms with Gasteiger partial charge in [0.25, 0.3) is 0 Å². The second-order valence-corrected chi connectivity index (χ2v) is 8.66. The highest BCUT2D eigenvalue weighted by Gasteiger charge is 2.41. The number of benzene rings is 3. The smallest absolute Gasteiger partial charge is 0.247 e. The number of hydrogen-bond acceptors (Lipinski definition) is 5. The summed E-state index contributed by atoms with van der Waals surface area (Å²) in [4.78, 5) is 36.5. The van der Waals surface area contributed by atoms with Gasteiger partial charge in [-0.05, 0) is 36.9 Å². The molecule has 1 aliphatic rings. The molecule has 3 aromatic carbocycles. The summed E-state index contributed by atoms with van der Waals surface area (Å²) in [5.41, 5.74) is 3.47. The highest BCUT2D eigenvalue weighted by molar-refractivity contribution is 8.00. The maximum Gasteiger partial charge on any atom is 0.247 e. The number of imide groups is 1. The number of amides is 2. The second-order valence-electron chi connectivity index (χ2n) is 7.49. The number of rotatable bonds is 3. The summed E-state index contributed by atoms with van der Waals surface area (Å²) in [7, 11) is 0. The molecule has 0 spiro atoms. The van der Waals surface area contributed by atoms with Crippen molar-refractivity contribution in [3.8, 4) is 0 Å². The molecule has 2 heterocycles. The molecule has 6 heteroatoms. The summed E-state index contributed by atoms with van der Waals surface area (Å²) in [6, 6.07) is 19.5. The zero-order valence-electron chi connectivity index (χ0n) is 16.6. The van der Waals surface area contributed by atoms with Crippen LogP contribution in [0.1, 0.15) is 17.7 Å². The van der Waals surface area contributed by atoms with Crippen molar-refractivity contribution in [3.63, 3.8) is 0 Å². The van der Waals surface area contributed by atoms with E-state index in [1.54, 1.807) is 0 Å². The minimum absolute atomic E-state index is 0.140. The number of fused-ring (bicyclic) bond motifs is 2. The molecule has 4 aromatic rings. The van der Waals surface area contributed by atoms with Crippen molar-refractivity contribution in [2.24, 2.45) is 0 Å². The van der Waals surface area contributed by atoms with Crippen molar-refractivity contribution in [3.05, 3.63) is 71.9 Å². The molecule has 0 radical (unpaired) electrons. The van der Waals surface area contributed by atoms with E-state index in [9.17, 15) is 9.59 Å². The number of aromatic nitrogens is 2. The van der Waals surface area contributed by atoms with E-state index in [2.05, 4.69) is 9.97 Å². The normalized spacial score (nSPS) is 16.7. The second kappa shape index (κ2) is 7.22. The number of carbonyl (C=O) groups is 2. The number of anilines is 1. The Labute approximate surface area is 178 Å². The average Bonchev–Trinajstić information content (AvgIpc) is 3.00. The van der Waals surface area contributed by atoms with Crippen LogP contribution in [0.15, 0.2) is 65.8 Å². The van der Waals surface area contributed by atoms with E-state index in [0.717, 1.165) is 32.9 Å². The fourth-order valence-electron chi connectivity index (χ4n) is 3.90. The van der Waals surface area contributed by atoms with Crippen LogP contribution < -0.4 is 4.90 Å². The van der Waals surface area contributed by atoms with Crippen LogP contribution in [-0.4, -0.2) is 27.0 Å². The van der Waals surface area contributed by atoms with Crippen LogP contribution in [0.4, 0.5) is 5.69 Å². The molecule has 2 amide bonds. The molecular formula is C24H19N3O2S. The SMILES string of the molecule is Cc1ccc2c(C)nc(SC3CC(=O)N(c4cccc5ccccc45)C3=O)nc2c1. The fourth-order valence-corrected chi connectivity index (χ4v) is 4.93. The summed E-state index contributed by atoms with van der Waals surface area (Å²) in [5, 5.41) is 2.88. The lowest BCUT2D eigenvalue weighted by Crippen LogP contribution is -2.31. The van der Waals surface area contributed by atoms with Gasteiger partial charge in [-0.2, -0.15) is 0 Å². The first-order valence-electron chi connectivity index (χ1n) is 9.77. The maximum atomic E-state index is 13.2. The quantitative estimate of drug-likeness (QED) is 0.356. The molecule has 30 heavy (non-hydrogen) atoms. The van der Waals surface area contributed by atoms with Crippen molar-refractivity contribution in [1.29, 1.82) is 0 Å². The molecule has 5 rings (SSSR count). The third kappa shape index (κ3) is 3.13. The summed E-state index contributed by atoms with van der Waals surface area (Å²) >= 11 is 1.27. The number of thioether (sulfide) groups is 1. The van der Waals surface area contributed by atoms with Gasteiger partial charge < -0.3 is 0 Å². The van der Waals surface area contributed by atoms with Gasteiger partial charge in [-0.1, -0.05) is 60.3 Å². The van der Waals surface area contributed by atoms with Gasteiger partial charge in [0.15, 0.2) is 5.16 Å². The Morgan fingerprint density at radius 1 is 0.933 bits per heavy atom. The highest BCUT2D eigenvalue weighted by atomic mass is 32.2. The molecule has 0 aliphatic carbocycles. The minimum Gasteiger partial charge on any atom is -0.274 e. The van der Waals surface area contributed by atoms with Crippen molar-refractivity contribution in [1.82, 2.24) is 9.97 Å². The molecule has 1 fully saturated rings. The van der Waals surface area contributed by atoms with Gasteiger partial charge in [0.1, 0.15) is 5.25 Å². The Hall–Kier alpha value is -3.25. The summed E-state index contributed by atoms with van der Waals surface area (Å²) in [5.74, 6) is -0.408. The van der Waals surface area contributed by atoms with Crippen molar-refractivity contribution >= 4 is 50.9 Å². The Morgan fingerprint density at radius 3 is 2.60 bits per heavy atom. The molecule has 0 saturated carbocycles. The molecule has 0 N–H and O–H groups in total. The van der Waals surface area contributed by atoms with Crippen LogP contribution >= 0.6 is 11.8 Å². The van der Waals surface area contributed by atoms with E-state index in [1.165, 1.54) is 16.7 Å². The first-order chi connectivity index (χ1) is 14.5. The van der Waals surface area contributed by atoms with Crippen LogP contribution in [0, 0.1) is 13.8 Å². The standard InChI is InChI=1S/C24H19N3O2S/c1-14-10-11-17-15(2)25-24(26-19(17)12-14)30-21-13-22(28)27(23(21)29)20-9-5-7-16-6-3-4-8-18(16)20/h3-12,21H,13H2,1-2H3. The van der Waals surface area contributed by atoms with E-state index in [4.69, 9.17) is 0 Å². The molecule has 148 valence electrons. The zero-order chi connectivity index (χ0) is 20.8. The molecule has 1 saturated heterocycles. The van der Waals surface area contributed by atoms with E-state index in [0.29, 0.717) is 10.8 Å². The Kier molecular flexibility index (Phi) is 4.51. The van der Waals surface area contributed by atoms with E-state index in [-0.39, 0.29) is 18.2 Å². The summed E-state index contributed by atoms with van der Waals surface area (Å²) in [6.45, 7) is 3.96. The van der Waals surface area contributed by atoms with Gasteiger partial charge >= 0.3 is 0 Å². The lowest BCUT2D eigenvalue weighted by Gasteiger charge is -2.17. The molecule has 1 aromatic heterocycles. The average molecular weight is 414 g/mol. The third-order valence-corrected chi connectivity index (χ3v) is 6.43. The summed E-state index contributed by atoms with van der Waals surface area (Å²) in [6.07, 6.45) is 0.140. The van der Waals surface area contributed by atoms with E-state index in [1.807, 2.05) is 74.5 Å². The highest BCUT2D eigenvalue weighted by Crippen LogP contribution is 2.36. The monoisotopic (exact) mass is 413 g/mol. The third-order valence-electron chi connectivity index (χ3n) is 5.38. The number of nitrogens with zero attached hydrogens (tertiary/aromatic N) is 3.